The van der Waals surface area contributed by atoms with Gasteiger partial charge in [-0.2, -0.15) is 12.6 Å². The van der Waals surface area contributed by atoms with Crippen molar-refractivity contribution in [3.63, 3.8) is 0 Å². The molecule has 0 saturated heterocycles. The highest BCUT2D eigenvalue weighted by molar-refractivity contribution is 9.10. The van der Waals surface area contributed by atoms with E-state index in [1.165, 1.54) is 0 Å². The summed E-state index contributed by atoms with van der Waals surface area (Å²) in [5.74, 6) is 1.35. The Morgan fingerprint density at radius 3 is 2.91 bits per heavy atom. The molecule has 0 N–H and O–H groups in total. The van der Waals surface area contributed by atoms with Crippen LogP contribution in [0.4, 0.5) is 0 Å². The van der Waals surface area contributed by atoms with Crippen molar-refractivity contribution >= 4 is 28.6 Å². The molecule has 0 fully saturated rings. The number of hydrogen-bond donors (Lipinski definition) is 1. The highest BCUT2D eigenvalue weighted by atomic mass is 79.9. The summed E-state index contributed by atoms with van der Waals surface area (Å²) in [4.78, 5) is 4.01. The molecule has 4 heteroatoms. The summed E-state index contributed by atoms with van der Waals surface area (Å²) in [5.41, 5.74) is 0. The molecule has 0 aliphatic rings. The van der Waals surface area contributed by atoms with Gasteiger partial charge in [-0.3, -0.25) is 0 Å². The fraction of sp³-hybridized carbons (Fsp3) is 0.286. The molecule has 11 heavy (non-hydrogen) atoms. The molecule has 0 aliphatic carbocycles. The first kappa shape index (κ1) is 8.87. The number of aromatic nitrogens is 1. The molecule has 0 unspecified atom stereocenters. The van der Waals surface area contributed by atoms with Crippen molar-refractivity contribution < 1.29 is 4.74 Å². The Bertz CT molecular complexity index is 214. The lowest BCUT2D eigenvalue weighted by Gasteiger charge is -2.01. The van der Waals surface area contributed by atoms with Gasteiger partial charge >= 0.3 is 0 Å². The first-order chi connectivity index (χ1) is 5.33. The maximum Gasteiger partial charge on any atom is 0.213 e. The summed E-state index contributed by atoms with van der Waals surface area (Å²) >= 11 is 7.29. The van der Waals surface area contributed by atoms with Gasteiger partial charge in [0.1, 0.15) is 0 Å². The molecule has 0 saturated carbocycles. The van der Waals surface area contributed by atoms with Gasteiger partial charge in [0, 0.05) is 22.5 Å². The maximum atomic E-state index is 5.20. The lowest BCUT2D eigenvalue weighted by molar-refractivity contribution is 0.330. The van der Waals surface area contributed by atoms with Crippen molar-refractivity contribution in [2.24, 2.45) is 0 Å². The van der Waals surface area contributed by atoms with Gasteiger partial charge in [-0.15, -0.1) is 0 Å². The number of halogens is 1. The zero-order chi connectivity index (χ0) is 8.10. The Morgan fingerprint density at radius 1 is 1.55 bits per heavy atom. The molecule has 1 rings (SSSR count). The third-order valence-corrected chi connectivity index (χ3v) is 1.69. The summed E-state index contributed by atoms with van der Waals surface area (Å²) in [6, 6.07) is 3.70. The number of nitrogens with zero attached hydrogens (tertiary/aromatic N) is 1. The molecule has 1 aromatic rings. The Balaban J connectivity index is 2.52. The third-order valence-electron chi connectivity index (χ3n) is 1.04. The molecule has 1 aromatic heterocycles. The molecular weight excluding hydrogens is 226 g/mol. The average Bonchev–Trinajstić information content (AvgIpc) is 2.04. The summed E-state index contributed by atoms with van der Waals surface area (Å²) in [5, 5.41) is 0. The Labute approximate surface area is 79.5 Å². The van der Waals surface area contributed by atoms with Crippen molar-refractivity contribution in [2.45, 2.75) is 0 Å². The minimum atomic E-state index is 0.595. The van der Waals surface area contributed by atoms with Crippen LogP contribution in [0.15, 0.2) is 22.8 Å². The van der Waals surface area contributed by atoms with Crippen molar-refractivity contribution in [3.05, 3.63) is 22.8 Å². The number of rotatable bonds is 3. The van der Waals surface area contributed by atoms with Crippen LogP contribution < -0.4 is 4.74 Å². The molecule has 0 radical (unpaired) electrons. The number of ether oxygens (including phenoxy) is 1. The average molecular weight is 234 g/mol. The highest BCUT2D eigenvalue weighted by Gasteiger charge is 1.92. The fourth-order valence-electron chi connectivity index (χ4n) is 0.598. The van der Waals surface area contributed by atoms with E-state index in [1.54, 1.807) is 6.20 Å². The molecule has 0 aromatic carbocycles. The van der Waals surface area contributed by atoms with Gasteiger partial charge in [-0.25, -0.2) is 4.98 Å². The highest BCUT2D eigenvalue weighted by Crippen LogP contribution is 2.11. The fourth-order valence-corrected chi connectivity index (χ4v) is 0.924. The van der Waals surface area contributed by atoms with Crippen molar-refractivity contribution in [2.75, 3.05) is 12.4 Å². The van der Waals surface area contributed by atoms with Gasteiger partial charge in [0.2, 0.25) is 5.88 Å². The van der Waals surface area contributed by atoms with E-state index in [0.29, 0.717) is 18.2 Å². The predicted molar refractivity (Wildman–Crippen MR) is 51.3 cm³/mol. The SMILES string of the molecule is SCCOc1ccc(Br)cn1. The minimum absolute atomic E-state index is 0.595. The first-order valence-electron chi connectivity index (χ1n) is 3.18. The molecule has 0 spiro atoms. The number of thiol groups is 1. The van der Waals surface area contributed by atoms with Crippen LogP contribution in [0.2, 0.25) is 0 Å². The zero-order valence-corrected chi connectivity index (χ0v) is 8.31. The summed E-state index contributed by atoms with van der Waals surface area (Å²) in [7, 11) is 0. The van der Waals surface area contributed by atoms with E-state index in [-0.39, 0.29) is 0 Å². The van der Waals surface area contributed by atoms with Gasteiger partial charge in [0.05, 0.1) is 6.61 Å². The Kier molecular flexibility index (Phi) is 3.72. The van der Waals surface area contributed by atoms with Crippen LogP contribution in [-0.4, -0.2) is 17.3 Å². The monoisotopic (exact) mass is 233 g/mol. The van der Waals surface area contributed by atoms with E-state index in [9.17, 15) is 0 Å². The van der Waals surface area contributed by atoms with Crippen LogP contribution in [-0.2, 0) is 0 Å². The van der Waals surface area contributed by atoms with Crippen molar-refractivity contribution in [3.8, 4) is 5.88 Å². The van der Waals surface area contributed by atoms with E-state index >= 15 is 0 Å². The van der Waals surface area contributed by atoms with Crippen molar-refractivity contribution in [1.29, 1.82) is 0 Å². The van der Waals surface area contributed by atoms with Crippen LogP contribution in [0.3, 0.4) is 0 Å². The first-order valence-corrected chi connectivity index (χ1v) is 4.60. The molecule has 2 nitrogen and oxygen atoms in total. The van der Waals surface area contributed by atoms with Crippen molar-refractivity contribution in [1.82, 2.24) is 4.98 Å². The normalized spacial score (nSPS) is 9.64. The second kappa shape index (κ2) is 4.62. The molecule has 0 atom stereocenters. The molecule has 1 heterocycles. The standard InChI is InChI=1S/C7H8BrNOS/c8-6-1-2-7(9-5-6)10-3-4-11/h1-2,5,11H,3-4H2. The molecule has 60 valence electrons. The van der Waals surface area contributed by atoms with Gasteiger partial charge in [-0.1, -0.05) is 0 Å². The summed E-state index contributed by atoms with van der Waals surface area (Å²) in [6.07, 6.45) is 1.70. The van der Waals surface area contributed by atoms with Gasteiger partial charge in [0.25, 0.3) is 0 Å². The van der Waals surface area contributed by atoms with Crippen LogP contribution in [0.1, 0.15) is 0 Å². The minimum Gasteiger partial charge on any atom is -0.477 e. The van der Waals surface area contributed by atoms with Gasteiger partial charge < -0.3 is 4.74 Å². The lowest BCUT2D eigenvalue weighted by atomic mass is 10.5. The molecule has 0 amide bonds. The van der Waals surface area contributed by atoms with E-state index < -0.39 is 0 Å². The lowest BCUT2D eigenvalue weighted by Crippen LogP contribution is -1.99. The van der Waals surface area contributed by atoms with E-state index in [2.05, 4.69) is 33.5 Å². The third kappa shape index (κ3) is 3.12. The summed E-state index contributed by atoms with van der Waals surface area (Å²) < 4.78 is 6.16. The van der Waals surface area contributed by atoms with Crippen LogP contribution >= 0.6 is 28.6 Å². The van der Waals surface area contributed by atoms with E-state index in [4.69, 9.17) is 4.74 Å². The Morgan fingerprint density at radius 2 is 2.36 bits per heavy atom. The molecule has 0 bridgehead atoms. The zero-order valence-electron chi connectivity index (χ0n) is 5.83. The van der Waals surface area contributed by atoms with Crippen LogP contribution in [0.5, 0.6) is 5.88 Å². The summed E-state index contributed by atoms with van der Waals surface area (Å²) in [6.45, 7) is 0.595. The topological polar surface area (TPSA) is 22.1 Å². The quantitative estimate of drug-likeness (QED) is 0.809. The van der Waals surface area contributed by atoms with E-state index in [0.717, 1.165) is 4.47 Å². The second-order valence-corrected chi connectivity index (χ2v) is 3.25. The molecular formula is C7H8BrNOS. The predicted octanol–water partition coefficient (Wildman–Crippen LogP) is 2.15. The van der Waals surface area contributed by atoms with Gasteiger partial charge in [0.15, 0.2) is 0 Å². The largest absolute Gasteiger partial charge is 0.477 e. The number of hydrogen-bond acceptors (Lipinski definition) is 3. The van der Waals surface area contributed by atoms with Crippen LogP contribution in [0.25, 0.3) is 0 Å². The Hall–Kier alpha value is -0.220. The second-order valence-electron chi connectivity index (χ2n) is 1.89. The number of pyridine rings is 1. The maximum absolute atomic E-state index is 5.20. The van der Waals surface area contributed by atoms with E-state index in [1.807, 2.05) is 12.1 Å². The van der Waals surface area contributed by atoms with Gasteiger partial charge in [-0.05, 0) is 22.0 Å². The van der Waals surface area contributed by atoms with Crippen LogP contribution in [0, 0.1) is 0 Å². The molecule has 0 aliphatic heterocycles. The smallest absolute Gasteiger partial charge is 0.213 e.